The van der Waals surface area contributed by atoms with Gasteiger partial charge in [0.25, 0.3) is 5.91 Å². The smallest absolute Gasteiger partial charge is 0.347 e. The molecule has 0 bridgehead atoms. The Kier molecular flexibility index (Phi) is 11.8. The van der Waals surface area contributed by atoms with Gasteiger partial charge in [0.15, 0.2) is 0 Å². The van der Waals surface area contributed by atoms with E-state index in [0.29, 0.717) is 32.4 Å². The van der Waals surface area contributed by atoms with Gasteiger partial charge in [-0.25, -0.2) is 18.2 Å². The van der Waals surface area contributed by atoms with Gasteiger partial charge in [0, 0.05) is 50.5 Å². The number of para-hydroxylation sites is 1. The van der Waals surface area contributed by atoms with E-state index in [9.17, 15) is 35.9 Å². The quantitative estimate of drug-likeness (QED) is 0.304. The minimum absolute atomic E-state index is 0. The summed E-state index contributed by atoms with van der Waals surface area (Å²) in [4.78, 5) is 31.2. The number of ketones is 1. The van der Waals surface area contributed by atoms with Gasteiger partial charge in [0.2, 0.25) is 5.92 Å². The molecule has 2 atom stereocenters. The van der Waals surface area contributed by atoms with Gasteiger partial charge in [-0.1, -0.05) is 33.4 Å². The van der Waals surface area contributed by atoms with E-state index < -0.39 is 54.0 Å². The zero-order chi connectivity index (χ0) is 30.6. The average Bonchev–Trinajstić information content (AvgIpc) is 3.31. The van der Waals surface area contributed by atoms with Crippen molar-refractivity contribution in [2.75, 3.05) is 19.6 Å². The van der Waals surface area contributed by atoms with Crippen molar-refractivity contribution >= 4 is 11.7 Å². The van der Waals surface area contributed by atoms with Gasteiger partial charge >= 0.3 is 6.18 Å². The number of rotatable bonds is 9. The van der Waals surface area contributed by atoms with Gasteiger partial charge in [-0.2, -0.15) is 13.2 Å². The van der Waals surface area contributed by atoms with Crippen molar-refractivity contribution in [3.05, 3.63) is 47.5 Å². The summed E-state index contributed by atoms with van der Waals surface area (Å²) in [6.07, 6.45) is -3.27. The number of halogens is 6. The number of Topliss-reactive ketones (excluding diaryl/α,β-unsaturated/α-hetero) is 1. The summed E-state index contributed by atoms with van der Waals surface area (Å²) in [6.45, 7) is 8.28. The fourth-order valence-electron chi connectivity index (χ4n) is 5.41. The number of alkyl halides is 6. The zero-order valence-electron chi connectivity index (χ0n) is 23.8. The fourth-order valence-corrected chi connectivity index (χ4v) is 5.41. The Labute approximate surface area is 243 Å². The molecule has 1 aromatic carbocycles. The molecule has 1 aromatic heterocycles. The standard InChI is InChI=1S/C27H32F6N4O2.C2H6.CH4/c1-17(38)12-19(8-11-36-10-5-9-25(2,28)16-36)34-24(39)21-15-37(23(35-21)18-13-26(29,30)14-18)22-7-4-3-6-20(22)27(31,32)33;1-2;/h3-4,6-7,15,18-19H,5,8-14,16H2,1-2H3,(H,34,39);1-2H3;1H4. The lowest BCUT2D eigenvalue weighted by Gasteiger charge is -2.35. The van der Waals surface area contributed by atoms with E-state index in [2.05, 4.69) is 10.3 Å². The Morgan fingerprint density at radius 2 is 1.79 bits per heavy atom. The van der Waals surface area contributed by atoms with E-state index in [4.69, 9.17) is 0 Å². The van der Waals surface area contributed by atoms with Gasteiger partial charge in [-0.3, -0.25) is 9.59 Å². The maximum Gasteiger partial charge on any atom is 0.418 e. The van der Waals surface area contributed by atoms with E-state index in [0.717, 1.165) is 16.8 Å². The Morgan fingerprint density at radius 1 is 1.14 bits per heavy atom. The summed E-state index contributed by atoms with van der Waals surface area (Å²) < 4.78 is 84.0. The van der Waals surface area contributed by atoms with Gasteiger partial charge in [0.1, 0.15) is 23.0 Å². The molecule has 0 radical (unpaired) electrons. The molecule has 1 saturated heterocycles. The molecule has 236 valence electrons. The fraction of sp³-hybridized carbons (Fsp3) is 0.633. The van der Waals surface area contributed by atoms with Gasteiger partial charge in [0.05, 0.1) is 11.3 Å². The molecule has 2 unspecified atom stereocenters. The number of hydrogen-bond acceptors (Lipinski definition) is 4. The number of benzene rings is 1. The van der Waals surface area contributed by atoms with E-state index in [-0.39, 0.29) is 43.4 Å². The highest BCUT2D eigenvalue weighted by Crippen LogP contribution is 2.48. The second kappa shape index (κ2) is 14.1. The monoisotopic (exact) mass is 604 g/mol. The molecule has 12 heteroatoms. The first-order valence-electron chi connectivity index (χ1n) is 14.0. The average molecular weight is 605 g/mol. The lowest BCUT2D eigenvalue weighted by molar-refractivity contribution is -0.137. The number of nitrogens with zero attached hydrogens (tertiary/aromatic N) is 3. The largest absolute Gasteiger partial charge is 0.418 e. The molecule has 2 heterocycles. The van der Waals surface area contributed by atoms with Crippen LogP contribution in [0, 0.1) is 0 Å². The predicted octanol–water partition coefficient (Wildman–Crippen LogP) is 7.36. The maximum absolute atomic E-state index is 14.4. The summed E-state index contributed by atoms with van der Waals surface area (Å²) >= 11 is 0. The van der Waals surface area contributed by atoms with Crippen molar-refractivity contribution < 1.29 is 35.9 Å². The van der Waals surface area contributed by atoms with Crippen LogP contribution in [0.5, 0.6) is 0 Å². The number of carbonyl (C=O) groups is 2. The number of carbonyl (C=O) groups excluding carboxylic acids is 2. The Morgan fingerprint density at radius 3 is 2.36 bits per heavy atom. The van der Waals surface area contributed by atoms with Crippen LogP contribution < -0.4 is 5.32 Å². The van der Waals surface area contributed by atoms with Crippen LogP contribution in [-0.2, 0) is 11.0 Å². The predicted molar refractivity (Wildman–Crippen MR) is 150 cm³/mol. The molecule has 1 aliphatic carbocycles. The Balaban J connectivity index is 0.00000201. The summed E-state index contributed by atoms with van der Waals surface area (Å²) in [7, 11) is 0. The van der Waals surface area contributed by atoms with Crippen LogP contribution in [0.2, 0.25) is 0 Å². The van der Waals surface area contributed by atoms with Crippen LogP contribution in [0.3, 0.4) is 0 Å². The van der Waals surface area contributed by atoms with Gasteiger partial charge in [-0.05, 0) is 51.8 Å². The van der Waals surface area contributed by atoms with Crippen LogP contribution in [0.4, 0.5) is 26.3 Å². The zero-order valence-corrected chi connectivity index (χ0v) is 23.8. The lowest BCUT2D eigenvalue weighted by atomic mass is 9.80. The normalized spacial score (nSPS) is 21.3. The van der Waals surface area contributed by atoms with Crippen LogP contribution in [0.1, 0.15) is 101 Å². The number of aromatic nitrogens is 2. The van der Waals surface area contributed by atoms with E-state index in [1.807, 2.05) is 18.7 Å². The number of hydrogen-bond donors (Lipinski definition) is 1. The molecule has 1 saturated carbocycles. The molecule has 2 aromatic rings. The molecule has 1 aliphatic heterocycles. The molecule has 2 aliphatic rings. The van der Waals surface area contributed by atoms with Gasteiger partial charge in [-0.15, -0.1) is 0 Å². The van der Waals surface area contributed by atoms with E-state index in [1.54, 1.807) is 0 Å². The first kappa shape index (κ1) is 35.3. The number of imidazole rings is 1. The number of piperidine rings is 1. The van der Waals surface area contributed by atoms with E-state index in [1.165, 1.54) is 32.0 Å². The third-order valence-corrected chi connectivity index (χ3v) is 7.28. The summed E-state index contributed by atoms with van der Waals surface area (Å²) in [5, 5.41) is 2.73. The van der Waals surface area contributed by atoms with Crippen molar-refractivity contribution in [1.82, 2.24) is 19.8 Å². The second-order valence-corrected chi connectivity index (χ2v) is 11.0. The van der Waals surface area contributed by atoms with E-state index >= 15 is 0 Å². The maximum atomic E-state index is 14.4. The summed E-state index contributed by atoms with van der Waals surface area (Å²) in [5.74, 6) is -4.75. The van der Waals surface area contributed by atoms with Crippen molar-refractivity contribution in [3.63, 3.8) is 0 Å². The third kappa shape index (κ3) is 9.05. The number of likely N-dealkylation sites (tertiary alicyclic amines) is 1. The van der Waals surface area contributed by atoms with Crippen molar-refractivity contribution in [3.8, 4) is 5.69 Å². The number of nitrogens with one attached hydrogen (secondary N) is 1. The topological polar surface area (TPSA) is 67.2 Å². The summed E-state index contributed by atoms with van der Waals surface area (Å²) in [6, 6.07) is 4.05. The first-order valence-corrected chi connectivity index (χ1v) is 14.0. The molecule has 1 N–H and O–H groups in total. The van der Waals surface area contributed by atoms with Crippen LogP contribution in [-0.4, -0.2) is 63.4 Å². The lowest BCUT2D eigenvalue weighted by Crippen LogP contribution is -2.46. The summed E-state index contributed by atoms with van der Waals surface area (Å²) in [5.41, 5.74) is -2.86. The van der Waals surface area contributed by atoms with Crippen molar-refractivity contribution in [2.45, 2.75) is 103 Å². The molecular weight excluding hydrogens is 562 g/mol. The first-order chi connectivity index (χ1) is 19.1. The number of amides is 1. The SMILES string of the molecule is C.CC.CC(=O)CC(CCN1CCCC(C)(F)C1)NC(=O)c1cn(-c2ccccc2C(F)(F)F)c(C2CC(F)(F)C2)n1. The minimum atomic E-state index is -4.72. The van der Waals surface area contributed by atoms with Crippen LogP contribution >= 0.6 is 0 Å². The minimum Gasteiger partial charge on any atom is -0.347 e. The van der Waals surface area contributed by atoms with Gasteiger partial charge < -0.3 is 14.8 Å². The van der Waals surface area contributed by atoms with Crippen molar-refractivity contribution in [1.29, 1.82) is 0 Å². The highest BCUT2D eigenvalue weighted by molar-refractivity contribution is 5.93. The molecule has 2 fully saturated rings. The third-order valence-electron chi connectivity index (χ3n) is 7.28. The van der Waals surface area contributed by atoms with Crippen LogP contribution in [0.15, 0.2) is 30.5 Å². The second-order valence-electron chi connectivity index (χ2n) is 11.0. The Hall–Kier alpha value is -2.89. The molecular formula is C30H42F6N4O2. The van der Waals surface area contributed by atoms with Crippen molar-refractivity contribution in [2.24, 2.45) is 0 Å². The van der Waals surface area contributed by atoms with Crippen LogP contribution in [0.25, 0.3) is 5.69 Å². The Bertz CT molecular complexity index is 1200. The molecule has 4 rings (SSSR count). The molecule has 42 heavy (non-hydrogen) atoms. The highest BCUT2D eigenvalue weighted by Gasteiger charge is 2.48. The highest BCUT2D eigenvalue weighted by atomic mass is 19.4. The molecule has 6 nitrogen and oxygen atoms in total. The molecule has 1 amide bonds. The molecule has 0 spiro atoms.